The molecule has 128 valence electrons. The Bertz CT molecular complexity index is 634. The lowest BCUT2D eigenvalue weighted by molar-refractivity contribution is 0.0526. The van der Waals surface area contributed by atoms with Crippen LogP contribution in [0.2, 0.25) is 0 Å². The zero-order chi connectivity index (χ0) is 17.2. The van der Waals surface area contributed by atoms with E-state index in [1.165, 1.54) is 5.56 Å². The van der Waals surface area contributed by atoms with Gasteiger partial charge in [0.15, 0.2) is 0 Å². The van der Waals surface area contributed by atoms with Crippen LogP contribution >= 0.6 is 0 Å². The average molecular weight is 328 g/mol. The largest absolute Gasteiger partial charge is 0.493 e. The second-order valence-electron chi connectivity index (χ2n) is 5.30. The highest BCUT2D eigenvalue weighted by atomic mass is 16.5. The fourth-order valence-electron chi connectivity index (χ4n) is 2.19. The Labute approximate surface area is 143 Å². The van der Waals surface area contributed by atoms with Crippen LogP contribution in [-0.2, 0) is 11.2 Å². The van der Waals surface area contributed by atoms with Crippen molar-refractivity contribution in [3.63, 3.8) is 0 Å². The number of hydrogen-bond acceptors (Lipinski definition) is 4. The van der Waals surface area contributed by atoms with E-state index < -0.39 is 0 Å². The maximum absolute atomic E-state index is 11.7. The third kappa shape index (κ3) is 5.61. The molecular formula is C20H24O4. The molecule has 0 fully saturated rings. The van der Waals surface area contributed by atoms with E-state index in [0.717, 1.165) is 18.6 Å². The number of aryl methyl sites for hydroxylation is 1. The summed E-state index contributed by atoms with van der Waals surface area (Å²) in [5.74, 6) is 1.20. The molecule has 0 bridgehead atoms. The zero-order valence-corrected chi connectivity index (χ0v) is 14.3. The minimum Gasteiger partial charge on any atom is -0.493 e. The molecule has 0 atom stereocenters. The first-order valence-electron chi connectivity index (χ1n) is 8.34. The number of hydrogen-bond donors (Lipinski definition) is 0. The van der Waals surface area contributed by atoms with Crippen LogP contribution in [0.1, 0.15) is 36.2 Å². The SMILES string of the molecule is CCOC(=O)c1cccc(OCCCOc2ccc(CC)cc2)c1. The molecule has 0 saturated heterocycles. The summed E-state index contributed by atoms with van der Waals surface area (Å²) in [4.78, 5) is 11.7. The van der Waals surface area contributed by atoms with Gasteiger partial charge < -0.3 is 14.2 Å². The highest BCUT2D eigenvalue weighted by molar-refractivity contribution is 5.89. The third-order valence-corrected chi connectivity index (χ3v) is 3.50. The van der Waals surface area contributed by atoms with E-state index in [4.69, 9.17) is 14.2 Å². The summed E-state index contributed by atoms with van der Waals surface area (Å²) in [6.45, 7) is 5.39. The van der Waals surface area contributed by atoms with Crippen LogP contribution in [0.5, 0.6) is 11.5 Å². The predicted octanol–water partition coefficient (Wildman–Crippen LogP) is 4.27. The maximum Gasteiger partial charge on any atom is 0.338 e. The lowest BCUT2D eigenvalue weighted by Crippen LogP contribution is -2.07. The lowest BCUT2D eigenvalue weighted by Gasteiger charge is -2.09. The van der Waals surface area contributed by atoms with Crippen LogP contribution in [0.3, 0.4) is 0 Å². The topological polar surface area (TPSA) is 44.8 Å². The summed E-state index contributed by atoms with van der Waals surface area (Å²) in [5, 5.41) is 0. The summed E-state index contributed by atoms with van der Waals surface area (Å²) < 4.78 is 16.3. The van der Waals surface area contributed by atoms with E-state index >= 15 is 0 Å². The van der Waals surface area contributed by atoms with Gasteiger partial charge in [0.05, 0.1) is 25.4 Å². The number of carbonyl (C=O) groups is 1. The van der Waals surface area contributed by atoms with Gasteiger partial charge in [-0.3, -0.25) is 0 Å². The van der Waals surface area contributed by atoms with Gasteiger partial charge in [-0.05, 0) is 49.2 Å². The lowest BCUT2D eigenvalue weighted by atomic mass is 10.2. The van der Waals surface area contributed by atoms with Crippen molar-refractivity contribution in [3.05, 3.63) is 59.7 Å². The van der Waals surface area contributed by atoms with Crippen molar-refractivity contribution in [2.24, 2.45) is 0 Å². The minimum atomic E-state index is -0.332. The van der Waals surface area contributed by atoms with Crippen molar-refractivity contribution in [1.82, 2.24) is 0 Å². The molecule has 0 aliphatic rings. The quantitative estimate of drug-likeness (QED) is 0.509. The third-order valence-electron chi connectivity index (χ3n) is 3.50. The van der Waals surface area contributed by atoms with Crippen LogP contribution in [-0.4, -0.2) is 25.8 Å². The van der Waals surface area contributed by atoms with Gasteiger partial charge in [-0.15, -0.1) is 0 Å². The highest BCUT2D eigenvalue weighted by Gasteiger charge is 2.07. The summed E-state index contributed by atoms with van der Waals surface area (Å²) >= 11 is 0. The van der Waals surface area contributed by atoms with Crippen LogP contribution in [0.15, 0.2) is 48.5 Å². The molecule has 0 aliphatic carbocycles. The van der Waals surface area contributed by atoms with Gasteiger partial charge in [0.2, 0.25) is 0 Å². The molecule has 0 saturated carbocycles. The molecule has 0 radical (unpaired) electrons. The van der Waals surface area contributed by atoms with Gasteiger partial charge in [0, 0.05) is 6.42 Å². The molecule has 0 heterocycles. The molecular weight excluding hydrogens is 304 g/mol. The van der Waals surface area contributed by atoms with E-state index in [1.54, 1.807) is 25.1 Å². The molecule has 0 unspecified atom stereocenters. The molecule has 0 N–H and O–H groups in total. The van der Waals surface area contributed by atoms with Gasteiger partial charge in [0.25, 0.3) is 0 Å². The molecule has 24 heavy (non-hydrogen) atoms. The molecule has 0 aliphatic heterocycles. The Morgan fingerprint density at radius 3 is 2.29 bits per heavy atom. The first-order valence-corrected chi connectivity index (χ1v) is 8.34. The van der Waals surface area contributed by atoms with Crippen molar-refractivity contribution in [2.45, 2.75) is 26.7 Å². The van der Waals surface area contributed by atoms with Crippen molar-refractivity contribution in [1.29, 1.82) is 0 Å². The Hall–Kier alpha value is -2.49. The van der Waals surface area contributed by atoms with Crippen molar-refractivity contribution in [3.8, 4) is 11.5 Å². The average Bonchev–Trinajstić information content (AvgIpc) is 2.62. The fourth-order valence-corrected chi connectivity index (χ4v) is 2.19. The normalized spacial score (nSPS) is 10.2. The van der Waals surface area contributed by atoms with Gasteiger partial charge in [-0.25, -0.2) is 4.79 Å². The van der Waals surface area contributed by atoms with E-state index in [0.29, 0.717) is 31.1 Å². The number of ether oxygens (including phenoxy) is 3. The zero-order valence-electron chi connectivity index (χ0n) is 14.3. The first-order chi connectivity index (χ1) is 11.7. The molecule has 4 nitrogen and oxygen atoms in total. The molecule has 2 rings (SSSR count). The van der Waals surface area contributed by atoms with Crippen molar-refractivity contribution in [2.75, 3.05) is 19.8 Å². The van der Waals surface area contributed by atoms with Crippen LogP contribution < -0.4 is 9.47 Å². The number of esters is 1. The second-order valence-corrected chi connectivity index (χ2v) is 5.30. The standard InChI is InChI=1S/C20H24O4/c1-3-16-9-11-18(12-10-16)23-13-6-14-24-19-8-5-7-17(15-19)20(21)22-4-2/h5,7-12,15H,3-4,6,13-14H2,1-2H3. The van der Waals surface area contributed by atoms with E-state index in [1.807, 2.05) is 18.2 Å². The van der Waals surface area contributed by atoms with E-state index in [2.05, 4.69) is 19.1 Å². The first kappa shape index (κ1) is 17.9. The molecule has 0 amide bonds. The van der Waals surface area contributed by atoms with E-state index in [-0.39, 0.29) is 5.97 Å². The Morgan fingerprint density at radius 2 is 1.62 bits per heavy atom. The second kappa shape index (κ2) is 9.60. The maximum atomic E-state index is 11.7. The molecule has 2 aromatic rings. The number of benzene rings is 2. The van der Waals surface area contributed by atoms with Crippen molar-refractivity contribution >= 4 is 5.97 Å². The Kier molecular flexibility index (Phi) is 7.15. The van der Waals surface area contributed by atoms with Crippen molar-refractivity contribution < 1.29 is 19.0 Å². The smallest absolute Gasteiger partial charge is 0.338 e. The summed E-state index contributed by atoms with van der Waals surface area (Å²) in [6, 6.07) is 15.2. The Balaban J connectivity index is 1.72. The number of rotatable bonds is 9. The van der Waals surface area contributed by atoms with Crippen LogP contribution in [0.4, 0.5) is 0 Å². The van der Waals surface area contributed by atoms with Crippen LogP contribution in [0.25, 0.3) is 0 Å². The summed E-state index contributed by atoms with van der Waals surface area (Å²) in [5.41, 5.74) is 1.80. The molecule has 2 aromatic carbocycles. The summed E-state index contributed by atoms with van der Waals surface area (Å²) in [6.07, 6.45) is 1.79. The monoisotopic (exact) mass is 328 g/mol. The fraction of sp³-hybridized carbons (Fsp3) is 0.350. The van der Waals surface area contributed by atoms with Gasteiger partial charge >= 0.3 is 5.97 Å². The van der Waals surface area contributed by atoms with Gasteiger partial charge in [0.1, 0.15) is 11.5 Å². The number of carbonyl (C=O) groups excluding carboxylic acids is 1. The van der Waals surface area contributed by atoms with Gasteiger partial charge in [-0.1, -0.05) is 25.1 Å². The van der Waals surface area contributed by atoms with E-state index in [9.17, 15) is 4.79 Å². The van der Waals surface area contributed by atoms with Gasteiger partial charge in [-0.2, -0.15) is 0 Å². The molecule has 0 spiro atoms. The summed E-state index contributed by atoms with van der Waals surface area (Å²) in [7, 11) is 0. The molecule has 4 heteroatoms. The molecule has 0 aromatic heterocycles. The highest BCUT2D eigenvalue weighted by Crippen LogP contribution is 2.15. The minimum absolute atomic E-state index is 0.332. The Morgan fingerprint density at radius 1 is 0.917 bits per heavy atom. The predicted molar refractivity (Wildman–Crippen MR) is 93.8 cm³/mol. The van der Waals surface area contributed by atoms with Crippen LogP contribution in [0, 0.1) is 0 Å².